The third-order valence-electron chi connectivity index (χ3n) is 2.20. The molecule has 0 aliphatic heterocycles. The van der Waals surface area contributed by atoms with E-state index in [0.29, 0.717) is 0 Å². The zero-order valence-electron chi connectivity index (χ0n) is 9.05. The Labute approximate surface area is 112 Å². The molecule has 0 amide bonds. The Balaban J connectivity index is 2.08. The predicted molar refractivity (Wildman–Crippen MR) is 71.6 cm³/mol. The molecule has 2 aromatic rings. The van der Waals surface area contributed by atoms with Gasteiger partial charge >= 0.3 is 0 Å². The van der Waals surface area contributed by atoms with Crippen LogP contribution in [0.2, 0.25) is 0 Å². The first-order valence-electron chi connectivity index (χ1n) is 4.84. The topological polar surface area (TPSA) is 39.9 Å². The summed E-state index contributed by atoms with van der Waals surface area (Å²) in [5.41, 5.74) is 1.03. The highest BCUT2D eigenvalue weighted by Crippen LogP contribution is 2.20. The summed E-state index contributed by atoms with van der Waals surface area (Å²) in [7, 11) is 1.70. The van der Waals surface area contributed by atoms with E-state index in [1.807, 2.05) is 24.0 Å². The second-order valence-corrected chi connectivity index (χ2v) is 5.55. The van der Waals surface area contributed by atoms with Crippen molar-refractivity contribution in [2.75, 3.05) is 7.11 Å². The van der Waals surface area contributed by atoms with Gasteiger partial charge in [-0.25, -0.2) is 4.98 Å². The molecule has 0 spiro atoms. The smallest absolute Gasteiger partial charge is 0.122 e. The van der Waals surface area contributed by atoms with Gasteiger partial charge in [0.1, 0.15) is 11.1 Å². The zero-order valence-corrected chi connectivity index (χ0v) is 12.0. The van der Waals surface area contributed by atoms with E-state index in [-0.39, 0.29) is 6.10 Å². The molecular formula is C10H12IN3OS. The van der Waals surface area contributed by atoms with Crippen molar-refractivity contribution in [2.24, 2.45) is 0 Å². The van der Waals surface area contributed by atoms with Gasteiger partial charge in [-0.15, -0.1) is 11.3 Å². The first kappa shape index (κ1) is 12.0. The maximum atomic E-state index is 5.23. The Morgan fingerprint density at radius 1 is 1.62 bits per heavy atom. The molecule has 0 bridgehead atoms. The van der Waals surface area contributed by atoms with E-state index in [0.717, 1.165) is 20.8 Å². The van der Waals surface area contributed by atoms with Gasteiger partial charge in [0.25, 0.3) is 0 Å². The average Bonchev–Trinajstić information content (AvgIpc) is 2.87. The van der Waals surface area contributed by atoms with Gasteiger partial charge in [-0.2, -0.15) is 5.10 Å². The van der Waals surface area contributed by atoms with Crippen LogP contribution in [0.5, 0.6) is 0 Å². The molecule has 2 rings (SSSR count). The quantitative estimate of drug-likeness (QED) is 0.797. The fourth-order valence-corrected chi connectivity index (χ4v) is 2.56. The van der Waals surface area contributed by atoms with Crippen LogP contribution in [0.25, 0.3) is 0 Å². The maximum absolute atomic E-state index is 5.23. The lowest BCUT2D eigenvalue weighted by molar-refractivity contribution is 0.119. The van der Waals surface area contributed by atoms with Crippen LogP contribution < -0.4 is 0 Å². The molecule has 0 fully saturated rings. The maximum Gasteiger partial charge on any atom is 0.122 e. The van der Waals surface area contributed by atoms with Crippen molar-refractivity contribution in [3.05, 3.63) is 32.0 Å². The highest BCUT2D eigenvalue weighted by molar-refractivity contribution is 14.1. The molecule has 0 aromatic carbocycles. The minimum absolute atomic E-state index is 0.0662. The van der Waals surface area contributed by atoms with Crippen LogP contribution in [-0.4, -0.2) is 21.9 Å². The van der Waals surface area contributed by atoms with Crippen LogP contribution >= 0.6 is 33.9 Å². The third-order valence-corrected chi connectivity index (χ3v) is 3.81. The van der Waals surface area contributed by atoms with E-state index < -0.39 is 0 Å². The summed E-state index contributed by atoms with van der Waals surface area (Å²) in [6.45, 7) is 2.72. The van der Waals surface area contributed by atoms with Crippen LogP contribution in [0.1, 0.15) is 23.7 Å². The lowest BCUT2D eigenvalue weighted by atomic mass is 10.4. The molecule has 4 nitrogen and oxygen atoms in total. The largest absolute Gasteiger partial charge is 0.375 e. The molecule has 0 unspecified atom stereocenters. The number of aromatic nitrogens is 3. The van der Waals surface area contributed by atoms with Crippen molar-refractivity contribution in [3.8, 4) is 0 Å². The minimum atomic E-state index is 0.0662. The lowest BCUT2D eigenvalue weighted by Crippen LogP contribution is -2.01. The third kappa shape index (κ3) is 2.80. The number of hydrogen-bond acceptors (Lipinski definition) is 4. The summed E-state index contributed by atoms with van der Waals surface area (Å²) in [6, 6.07) is 0. The number of thiazole rings is 1. The van der Waals surface area contributed by atoms with Gasteiger partial charge in [-0.05, 0) is 29.5 Å². The van der Waals surface area contributed by atoms with E-state index in [1.165, 1.54) is 0 Å². The van der Waals surface area contributed by atoms with Crippen LogP contribution in [0.3, 0.4) is 0 Å². The molecule has 16 heavy (non-hydrogen) atoms. The van der Waals surface area contributed by atoms with E-state index >= 15 is 0 Å². The summed E-state index contributed by atoms with van der Waals surface area (Å²) in [5, 5.41) is 7.30. The average molecular weight is 349 g/mol. The minimum Gasteiger partial charge on any atom is -0.375 e. The molecule has 86 valence electrons. The Kier molecular flexibility index (Phi) is 3.93. The first-order chi connectivity index (χ1) is 7.69. The van der Waals surface area contributed by atoms with E-state index in [2.05, 4.69) is 38.1 Å². The number of nitrogens with zero attached hydrogens (tertiary/aromatic N) is 3. The standard InChI is InChI=1S/C10H12IN3OS/c1-7(15-2)10-13-9(6-16-10)5-14-4-8(11)3-12-14/h3-4,6-7H,5H2,1-2H3/t7-/m1/s1. The van der Waals surface area contributed by atoms with Gasteiger partial charge in [0, 0.05) is 18.7 Å². The molecule has 6 heteroatoms. The highest BCUT2D eigenvalue weighted by Gasteiger charge is 2.09. The first-order valence-corrected chi connectivity index (χ1v) is 6.80. The Morgan fingerprint density at radius 3 is 3.06 bits per heavy atom. The molecule has 0 radical (unpaired) electrons. The van der Waals surface area contributed by atoms with Crippen molar-refractivity contribution >= 4 is 33.9 Å². The molecule has 2 heterocycles. The molecule has 0 aliphatic carbocycles. The van der Waals surface area contributed by atoms with Gasteiger partial charge in [0.05, 0.1) is 22.0 Å². The van der Waals surface area contributed by atoms with E-state index in [1.54, 1.807) is 18.4 Å². The van der Waals surface area contributed by atoms with Crippen molar-refractivity contribution < 1.29 is 4.74 Å². The molecule has 0 N–H and O–H groups in total. The molecule has 0 saturated heterocycles. The van der Waals surface area contributed by atoms with Gasteiger partial charge < -0.3 is 4.74 Å². The molecule has 2 aromatic heterocycles. The van der Waals surface area contributed by atoms with Crippen molar-refractivity contribution in [1.82, 2.24) is 14.8 Å². The number of methoxy groups -OCH3 is 1. The number of hydrogen-bond donors (Lipinski definition) is 0. The monoisotopic (exact) mass is 349 g/mol. The summed E-state index contributed by atoms with van der Waals surface area (Å²) < 4.78 is 8.25. The molecule has 0 saturated carbocycles. The highest BCUT2D eigenvalue weighted by atomic mass is 127. The van der Waals surface area contributed by atoms with Crippen molar-refractivity contribution in [3.63, 3.8) is 0 Å². The summed E-state index contributed by atoms with van der Waals surface area (Å²) in [5.74, 6) is 0. The Bertz CT molecular complexity index is 468. The molecule has 0 aliphatic rings. The second kappa shape index (κ2) is 5.24. The Hall–Kier alpha value is -0.470. The fraction of sp³-hybridized carbons (Fsp3) is 0.400. The van der Waals surface area contributed by atoms with Crippen molar-refractivity contribution in [1.29, 1.82) is 0 Å². The van der Waals surface area contributed by atoms with E-state index in [4.69, 9.17) is 4.74 Å². The molecule has 1 atom stereocenters. The predicted octanol–water partition coefficient (Wildman–Crippen LogP) is 2.70. The summed E-state index contributed by atoms with van der Waals surface area (Å²) in [4.78, 5) is 4.52. The second-order valence-electron chi connectivity index (χ2n) is 3.41. The van der Waals surface area contributed by atoms with Crippen LogP contribution in [-0.2, 0) is 11.3 Å². The van der Waals surface area contributed by atoms with Crippen LogP contribution in [0, 0.1) is 3.57 Å². The van der Waals surface area contributed by atoms with Gasteiger partial charge in [0.15, 0.2) is 0 Å². The van der Waals surface area contributed by atoms with Gasteiger partial charge in [0.2, 0.25) is 0 Å². The van der Waals surface area contributed by atoms with Crippen LogP contribution in [0.15, 0.2) is 17.8 Å². The Morgan fingerprint density at radius 2 is 2.44 bits per heavy atom. The van der Waals surface area contributed by atoms with Crippen LogP contribution in [0.4, 0.5) is 0 Å². The van der Waals surface area contributed by atoms with E-state index in [9.17, 15) is 0 Å². The summed E-state index contributed by atoms with van der Waals surface area (Å²) in [6.07, 6.45) is 3.90. The SMILES string of the molecule is CO[C@H](C)c1nc(Cn2cc(I)cn2)cs1. The number of ether oxygens (including phenoxy) is 1. The van der Waals surface area contributed by atoms with Crippen molar-refractivity contribution in [2.45, 2.75) is 19.6 Å². The zero-order chi connectivity index (χ0) is 11.5. The lowest BCUT2D eigenvalue weighted by Gasteiger charge is -2.03. The van der Waals surface area contributed by atoms with Gasteiger partial charge in [-0.1, -0.05) is 0 Å². The van der Waals surface area contributed by atoms with Gasteiger partial charge in [-0.3, -0.25) is 4.68 Å². The normalized spacial score (nSPS) is 12.9. The number of halogens is 1. The number of rotatable bonds is 4. The molecular weight excluding hydrogens is 337 g/mol. The summed E-state index contributed by atoms with van der Waals surface area (Å²) >= 11 is 3.87. The fourth-order valence-electron chi connectivity index (χ4n) is 1.27.